The first kappa shape index (κ1) is 12.9. The second-order valence-electron chi connectivity index (χ2n) is 5.18. The summed E-state index contributed by atoms with van der Waals surface area (Å²) in [5, 5.41) is 2.40. The second kappa shape index (κ2) is 5.19. The summed E-state index contributed by atoms with van der Waals surface area (Å²) in [5.74, 6) is 0.864. The fourth-order valence-electron chi connectivity index (χ4n) is 2.92. The minimum atomic E-state index is 0.639. The number of rotatable bonds is 3. The minimum absolute atomic E-state index is 0.639. The molecule has 4 aromatic rings. The van der Waals surface area contributed by atoms with Gasteiger partial charge in [-0.1, -0.05) is 30.3 Å². The Morgan fingerprint density at radius 3 is 2.68 bits per heavy atom. The smallest absolute Gasteiger partial charge is 0.128 e. The Balaban J connectivity index is 2.03. The molecule has 0 radical (unpaired) electrons. The SMILES string of the molecule is CCOc1ccccc1-c1nccc2c1[nH]c1ccccc12. The molecular formula is C19H16N2O. The lowest BCUT2D eigenvalue weighted by Gasteiger charge is -2.10. The number of nitrogens with one attached hydrogen (secondary N) is 1. The first-order valence-corrected chi connectivity index (χ1v) is 7.46. The number of hydrogen-bond acceptors (Lipinski definition) is 2. The quantitative estimate of drug-likeness (QED) is 0.589. The topological polar surface area (TPSA) is 37.9 Å². The van der Waals surface area contributed by atoms with Crippen molar-refractivity contribution in [2.24, 2.45) is 0 Å². The van der Waals surface area contributed by atoms with Crippen LogP contribution in [0.4, 0.5) is 0 Å². The highest BCUT2D eigenvalue weighted by atomic mass is 16.5. The number of H-pyrrole nitrogens is 1. The summed E-state index contributed by atoms with van der Waals surface area (Å²) in [6.07, 6.45) is 1.86. The van der Waals surface area contributed by atoms with Crippen molar-refractivity contribution in [3.8, 4) is 17.0 Å². The van der Waals surface area contributed by atoms with Gasteiger partial charge in [-0.3, -0.25) is 4.98 Å². The molecule has 3 heteroatoms. The Bertz CT molecular complexity index is 956. The summed E-state index contributed by atoms with van der Waals surface area (Å²) in [4.78, 5) is 8.10. The summed E-state index contributed by atoms with van der Waals surface area (Å²) in [5.41, 5.74) is 4.12. The molecule has 0 bridgehead atoms. The van der Waals surface area contributed by atoms with Crippen LogP contribution < -0.4 is 4.74 Å². The fourth-order valence-corrected chi connectivity index (χ4v) is 2.92. The van der Waals surface area contributed by atoms with Crippen LogP contribution in [0.15, 0.2) is 60.8 Å². The van der Waals surface area contributed by atoms with Crippen LogP contribution in [-0.4, -0.2) is 16.6 Å². The minimum Gasteiger partial charge on any atom is -0.493 e. The average Bonchev–Trinajstić information content (AvgIpc) is 2.94. The van der Waals surface area contributed by atoms with Crippen LogP contribution in [-0.2, 0) is 0 Å². The van der Waals surface area contributed by atoms with Gasteiger partial charge in [0.05, 0.1) is 17.8 Å². The molecule has 0 amide bonds. The van der Waals surface area contributed by atoms with E-state index in [9.17, 15) is 0 Å². The molecule has 0 fully saturated rings. The molecule has 3 nitrogen and oxygen atoms in total. The molecule has 2 aromatic heterocycles. The molecule has 0 aliphatic rings. The normalized spacial score (nSPS) is 11.1. The van der Waals surface area contributed by atoms with Gasteiger partial charge in [-0.05, 0) is 31.2 Å². The van der Waals surface area contributed by atoms with Crippen molar-refractivity contribution < 1.29 is 4.74 Å². The number of aromatic nitrogens is 2. The largest absolute Gasteiger partial charge is 0.493 e. The maximum atomic E-state index is 5.76. The van der Waals surface area contributed by atoms with Crippen LogP contribution in [0.1, 0.15) is 6.92 Å². The first-order chi connectivity index (χ1) is 10.9. The van der Waals surface area contributed by atoms with E-state index in [1.165, 1.54) is 10.8 Å². The van der Waals surface area contributed by atoms with Crippen LogP contribution in [0.25, 0.3) is 33.1 Å². The molecule has 0 atom stereocenters. The molecule has 2 aromatic carbocycles. The first-order valence-electron chi connectivity index (χ1n) is 7.46. The van der Waals surface area contributed by atoms with Crippen molar-refractivity contribution in [2.75, 3.05) is 6.61 Å². The standard InChI is InChI=1S/C19H16N2O/c1-2-22-17-10-6-4-8-15(17)18-19-14(11-12-20-18)13-7-3-5-9-16(13)21-19/h3-12,21H,2H2,1H3. The molecule has 0 aliphatic carbocycles. The van der Waals surface area contributed by atoms with Gasteiger partial charge in [0.25, 0.3) is 0 Å². The molecule has 0 saturated carbocycles. The highest BCUT2D eigenvalue weighted by Crippen LogP contribution is 2.35. The van der Waals surface area contributed by atoms with Crippen LogP contribution in [0, 0.1) is 0 Å². The number of para-hydroxylation sites is 2. The van der Waals surface area contributed by atoms with Gasteiger partial charge >= 0.3 is 0 Å². The van der Waals surface area contributed by atoms with E-state index >= 15 is 0 Å². The summed E-state index contributed by atoms with van der Waals surface area (Å²) < 4.78 is 5.76. The number of fused-ring (bicyclic) bond motifs is 3. The van der Waals surface area contributed by atoms with E-state index < -0.39 is 0 Å². The lowest BCUT2D eigenvalue weighted by molar-refractivity contribution is 0.341. The van der Waals surface area contributed by atoms with Gasteiger partial charge in [0, 0.05) is 28.0 Å². The van der Waals surface area contributed by atoms with Crippen molar-refractivity contribution in [3.63, 3.8) is 0 Å². The van der Waals surface area contributed by atoms with Crippen LogP contribution in [0.3, 0.4) is 0 Å². The zero-order valence-electron chi connectivity index (χ0n) is 12.3. The number of pyridine rings is 1. The van der Waals surface area contributed by atoms with E-state index in [1.807, 2.05) is 37.4 Å². The zero-order valence-corrected chi connectivity index (χ0v) is 12.3. The Hall–Kier alpha value is -2.81. The number of ether oxygens (including phenoxy) is 1. The van der Waals surface area contributed by atoms with Crippen molar-refractivity contribution in [2.45, 2.75) is 6.92 Å². The monoisotopic (exact) mass is 288 g/mol. The molecule has 0 spiro atoms. The summed E-state index contributed by atoms with van der Waals surface area (Å²) in [7, 11) is 0. The lowest BCUT2D eigenvalue weighted by atomic mass is 10.1. The van der Waals surface area contributed by atoms with E-state index in [0.29, 0.717) is 6.61 Å². The number of nitrogens with zero attached hydrogens (tertiary/aromatic N) is 1. The third-order valence-corrected chi connectivity index (χ3v) is 3.87. The molecule has 2 heterocycles. The highest BCUT2D eigenvalue weighted by Gasteiger charge is 2.13. The third kappa shape index (κ3) is 1.94. The van der Waals surface area contributed by atoms with Gasteiger partial charge in [-0.25, -0.2) is 0 Å². The maximum absolute atomic E-state index is 5.76. The summed E-state index contributed by atoms with van der Waals surface area (Å²) in [6.45, 7) is 2.63. The van der Waals surface area contributed by atoms with Gasteiger partial charge in [0.15, 0.2) is 0 Å². The molecule has 0 unspecified atom stereocenters. The average molecular weight is 288 g/mol. The predicted octanol–water partition coefficient (Wildman–Crippen LogP) is 4.78. The van der Waals surface area contributed by atoms with E-state index in [-0.39, 0.29) is 0 Å². The number of hydrogen-bond donors (Lipinski definition) is 1. The Morgan fingerprint density at radius 2 is 1.77 bits per heavy atom. The third-order valence-electron chi connectivity index (χ3n) is 3.87. The predicted molar refractivity (Wildman–Crippen MR) is 90.2 cm³/mol. The maximum Gasteiger partial charge on any atom is 0.128 e. The van der Waals surface area contributed by atoms with E-state index in [4.69, 9.17) is 4.74 Å². The summed E-state index contributed by atoms with van der Waals surface area (Å²) >= 11 is 0. The van der Waals surface area contributed by atoms with Crippen LogP contribution in [0.2, 0.25) is 0 Å². The second-order valence-corrected chi connectivity index (χ2v) is 5.18. The molecule has 22 heavy (non-hydrogen) atoms. The molecule has 0 aliphatic heterocycles. The number of benzene rings is 2. The number of aromatic amines is 1. The Kier molecular flexibility index (Phi) is 3.04. The highest BCUT2D eigenvalue weighted by molar-refractivity contribution is 6.11. The van der Waals surface area contributed by atoms with Crippen molar-refractivity contribution in [1.29, 1.82) is 0 Å². The van der Waals surface area contributed by atoms with Gasteiger partial charge in [-0.15, -0.1) is 0 Å². The van der Waals surface area contributed by atoms with E-state index in [2.05, 4.69) is 40.3 Å². The van der Waals surface area contributed by atoms with Gasteiger partial charge < -0.3 is 9.72 Å². The molecule has 4 rings (SSSR count). The fraction of sp³-hybridized carbons (Fsp3) is 0.105. The lowest BCUT2D eigenvalue weighted by Crippen LogP contribution is -1.95. The molecule has 1 N–H and O–H groups in total. The molecule has 0 saturated heterocycles. The van der Waals surface area contributed by atoms with Crippen molar-refractivity contribution >= 4 is 21.8 Å². The zero-order chi connectivity index (χ0) is 14.9. The Morgan fingerprint density at radius 1 is 0.955 bits per heavy atom. The Labute approximate surface area is 128 Å². The van der Waals surface area contributed by atoms with E-state index in [1.54, 1.807) is 0 Å². The van der Waals surface area contributed by atoms with E-state index in [0.717, 1.165) is 28.0 Å². The van der Waals surface area contributed by atoms with Crippen LogP contribution >= 0.6 is 0 Å². The molecular weight excluding hydrogens is 272 g/mol. The molecule has 108 valence electrons. The van der Waals surface area contributed by atoms with Gasteiger partial charge in [0.2, 0.25) is 0 Å². The summed E-state index contributed by atoms with van der Waals surface area (Å²) in [6, 6.07) is 18.4. The van der Waals surface area contributed by atoms with Crippen LogP contribution in [0.5, 0.6) is 5.75 Å². The van der Waals surface area contributed by atoms with Crippen molar-refractivity contribution in [1.82, 2.24) is 9.97 Å². The van der Waals surface area contributed by atoms with Crippen molar-refractivity contribution in [3.05, 3.63) is 60.8 Å². The van der Waals surface area contributed by atoms with Gasteiger partial charge in [0.1, 0.15) is 5.75 Å². The van der Waals surface area contributed by atoms with Gasteiger partial charge in [-0.2, -0.15) is 0 Å².